The van der Waals surface area contributed by atoms with Crippen molar-refractivity contribution in [3.63, 3.8) is 0 Å². The number of carbonyl (C=O) groups is 1. The minimum atomic E-state index is -0.168. The molecule has 1 atom stereocenters. The molecule has 2 N–H and O–H groups in total. The molecule has 6 heteroatoms. The maximum atomic E-state index is 12.3. The number of nitrogens with zero attached hydrogens (tertiary/aromatic N) is 2. The number of amides is 1. The Balaban J connectivity index is 1.77. The van der Waals surface area contributed by atoms with Crippen LogP contribution in [0.2, 0.25) is 0 Å². The van der Waals surface area contributed by atoms with Crippen LogP contribution < -0.4 is 10.6 Å². The number of fused-ring (bicyclic) bond motifs is 1. The highest BCUT2D eigenvalue weighted by Gasteiger charge is 2.23. The van der Waals surface area contributed by atoms with Crippen LogP contribution in [0.25, 0.3) is 0 Å². The first-order chi connectivity index (χ1) is 9.78. The average molecular weight is 288 g/mol. The Morgan fingerprint density at radius 1 is 1.45 bits per heavy atom. The fourth-order valence-electron chi connectivity index (χ4n) is 2.46. The van der Waals surface area contributed by atoms with Crippen molar-refractivity contribution in [1.82, 2.24) is 15.3 Å². The van der Waals surface area contributed by atoms with Crippen LogP contribution in [-0.2, 0) is 6.42 Å². The van der Waals surface area contributed by atoms with E-state index in [2.05, 4.69) is 32.0 Å². The van der Waals surface area contributed by atoms with E-state index in [1.807, 2.05) is 0 Å². The van der Waals surface area contributed by atoms with Gasteiger partial charge in [-0.2, -0.15) is 0 Å². The predicted molar refractivity (Wildman–Crippen MR) is 79.0 cm³/mol. The summed E-state index contributed by atoms with van der Waals surface area (Å²) in [7, 11) is 1.75. The van der Waals surface area contributed by atoms with Gasteiger partial charge < -0.3 is 10.6 Å². The summed E-state index contributed by atoms with van der Waals surface area (Å²) in [6.45, 7) is 0. The van der Waals surface area contributed by atoms with E-state index in [1.54, 1.807) is 24.6 Å². The largest absolute Gasteiger partial charge is 0.372 e. The summed E-state index contributed by atoms with van der Waals surface area (Å²) in [6, 6.07) is 2.21. The van der Waals surface area contributed by atoms with Crippen LogP contribution in [0, 0.1) is 0 Å². The lowest BCUT2D eigenvalue weighted by Gasteiger charge is -2.23. The van der Waals surface area contributed by atoms with Crippen LogP contribution in [0.1, 0.15) is 39.8 Å². The highest BCUT2D eigenvalue weighted by molar-refractivity contribution is 7.10. The molecule has 5 nitrogen and oxygen atoms in total. The minimum Gasteiger partial charge on any atom is -0.372 e. The van der Waals surface area contributed by atoms with Crippen molar-refractivity contribution >= 4 is 23.1 Å². The van der Waals surface area contributed by atoms with Crippen LogP contribution in [0.15, 0.2) is 23.8 Å². The van der Waals surface area contributed by atoms with Gasteiger partial charge in [-0.05, 0) is 36.3 Å². The molecule has 0 radical (unpaired) electrons. The first-order valence-corrected chi connectivity index (χ1v) is 7.53. The van der Waals surface area contributed by atoms with Gasteiger partial charge in [0.15, 0.2) is 0 Å². The smallest absolute Gasteiger partial charge is 0.272 e. The van der Waals surface area contributed by atoms with E-state index in [-0.39, 0.29) is 11.9 Å². The molecule has 2 aromatic heterocycles. The van der Waals surface area contributed by atoms with Gasteiger partial charge in [-0.25, -0.2) is 4.98 Å². The third-order valence-electron chi connectivity index (χ3n) is 3.48. The van der Waals surface area contributed by atoms with Crippen molar-refractivity contribution < 1.29 is 4.79 Å². The van der Waals surface area contributed by atoms with E-state index in [4.69, 9.17) is 0 Å². The molecule has 3 rings (SSSR count). The third-order valence-corrected chi connectivity index (χ3v) is 4.48. The number of rotatable bonds is 3. The van der Waals surface area contributed by atoms with E-state index < -0.39 is 0 Å². The third kappa shape index (κ3) is 2.51. The number of aryl methyl sites for hydroxylation is 1. The molecule has 2 heterocycles. The highest BCUT2D eigenvalue weighted by Crippen LogP contribution is 2.33. The Bertz CT molecular complexity index is 625. The summed E-state index contributed by atoms with van der Waals surface area (Å²) in [5.74, 6) is 0.427. The maximum Gasteiger partial charge on any atom is 0.272 e. The first-order valence-electron chi connectivity index (χ1n) is 6.65. The van der Waals surface area contributed by atoms with Crippen LogP contribution in [0.5, 0.6) is 0 Å². The van der Waals surface area contributed by atoms with E-state index in [9.17, 15) is 4.79 Å². The number of aromatic nitrogens is 2. The van der Waals surface area contributed by atoms with E-state index in [0.29, 0.717) is 11.5 Å². The van der Waals surface area contributed by atoms with Crippen molar-refractivity contribution in [2.24, 2.45) is 0 Å². The standard InChI is InChI=1S/C14H16N4OS/c1-15-13-8-16-7-11(17-13)14(19)18-10-3-2-4-12-9(10)5-6-20-12/h5-8,10H,2-4H2,1H3,(H,15,17)(H,18,19). The van der Waals surface area contributed by atoms with Crippen LogP contribution in [0.4, 0.5) is 5.82 Å². The zero-order valence-corrected chi connectivity index (χ0v) is 12.0. The topological polar surface area (TPSA) is 66.9 Å². The lowest BCUT2D eigenvalue weighted by molar-refractivity contribution is 0.0927. The average Bonchev–Trinajstić information content (AvgIpc) is 2.97. The molecule has 0 saturated carbocycles. The van der Waals surface area contributed by atoms with Gasteiger partial charge in [0.2, 0.25) is 0 Å². The SMILES string of the molecule is CNc1cncc(C(=O)NC2CCCc3sccc32)n1. The number of hydrogen-bond acceptors (Lipinski definition) is 5. The molecule has 0 bridgehead atoms. The van der Waals surface area contributed by atoms with Gasteiger partial charge in [-0.1, -0.05) is 0 Å². The quantitative estimate of drug-likeness (QED) is 0.910. The fourth-order valence-corrected chi connectivity index (χ4v) is 3.45. The minimum absolute atomic E-state index is 0.0949. The number of carbonyl (C=O) groups excluding carboxylic acids is 1. The number of hydrogen-bond donors (Lipinski definition) is 2. The molecule has 104 valence electrons. The van der Waals surface area contributed by atoms with Crippen molar-refractivity contribution in [1.29, 1.82) is 0 Å². The van der Waals surface area contributed by atoms with Gasteiger partial charge in [0.25, 0.3) is 5.91 Å². The molecule has 1 aliphatic rings. The Morgan fingerprint density at radius 3 is 3.20 bits per heavy atom. The predicted octanol–water partition coefficient (Wildman–Crippen LogP) is 2.39. The van der Waals surface area contributed by atoms with Gasteiger partial charge in [0.1, 0.15) is 11.5 Å². The van der Waals surface area contributed by atoms with Gasteiger partial charge in [-0.15, -0.1) is 11.3 Å². The Kier molecular flexibility index (Phi) is 3.64. The molecule has 0 saturated heterocycles. The van der Waals surface area contributed by atoms with Gasteiger partial charge >= 0.3 is 0 Å². The summed E-state index contributed by atoms with van der Waals surface area (Å²) in [4.78, 5) is 21.9. The van der Waals surface area contributed by atoms with Crippen molar-refractivity contribution in [2.45, 2.75) is 25.3 Å². The maximum absolute atomic E-state index is 12.3. The lowest BCUT2D eigenvalue weighted by Crippen LogP contribution is -2.31. The number of anilines is 1. The van der Waals surface area contributed by atoms with E-state index >= 15 is 0 Å². The molecule has 0 spiro atoms. The number of nitrogens with one attached hydrogen (secondary N) is 2. The fraction of sp³-hybridized carbons (Fsp3) is 0.357. The molecule has 1 aliphatic carbocycles. The number of thiophene rings is 1. The normalized spacial score (nSPS) is 17.4. The monoisotopic (exact) mass is 288 g/mol. The Morgan fingerprint density at radius 2 is 2.35 bits per heavy atom. The van der Waals surface area contributed by atoms with Gasteiger partial charge in [0, 0.05) is 11.9 Å². The van der Waals surface area contributed by atoms with Crippen LogP contribution >= 0.6 is 11.3 Å². The molecule has 0 aromatic carbocycles. The van der Waals surface area contributed by atoms with Crippen molar-refractivity contribution in [2.75, 3.05) is 12.4 Å². The van der Waals surface area contributed by atoms with Gasteiger partial charge in [0.05, 0.1) is 18.4 Å². The first kappa shape index (κ1) is 13.1. The van der Waals surface area contributed by atoms with Gasteiger partial charge in [-0.3, -0.25) is 9.78 Å². The molecule has 1 unspecified atom stereocenters. The second-order valence-electron chi connectivity index (χ2n) is 4.76. The second-order valence-corrected chi connectivity index (χ2v) is 5.76. The summed E-state index contributed by atoms with van der Waals surface area (Å²) >= 11 is 1.77. The summed E-state index contributed by atoms with van der Waals surface area (Å²) < 4.78 is 0. The zero-order chi connectivity index (χ0) is 13.9. The molecular formula is C14H16N4OS. The molecule has 0 aliphatic heterocycles. The molecular weight excluding hydrogens is 272 g/mol. The zero-order valence-electron chi connectivity index (χ0n) is 11.2. The summed E-state index contributed by atoms with van der Waals surface area (Å²) in [5.41, 5.74) is 1.60. The van der Waals surface area contributed by atoms with E-state index in [1.165, 1.54) is 16.6 Å². The Hall–Kier alpha value is -1.95. The molecule has 2 aromatic rings. The highest BCUT2D eigenvalue weighted by atomic mass is 32.1. The molecule has 20 heavy (non-hydrogen) atoms. The van der Waals surface area contributed by atoms with Crippen molar-refractivity contribution in [3.05, 3.63) is 40.0 Å². The summed E-state index contributed by atoms with van der Waals surface area (Å²) in [5, 5.41) is 8.05. The second kappa shape index (κ2) is 5.58. The van der Waals surface area contributed by atoms with E-state index in [0.717, 1.165) is 19.3 Å². The van der Waals surface area contributed by atoms with Crippen LogP contribution in [0.3, 0.4) is 0 Å². The lowest BCUT2D eigenvalue weighted by atomic mass is 9.94. The van der Waals surface area contributed by atoms with Crippen LogP contribution in [-0.4, -0.2) is 22.9 Å². The Labute approximate surface area is 121 Å². The summed E-state index contributed by atoms with van der Waals surface area (Å²) in [6.07, 6.45) is 6.30. The molecule has 0 fully saturated rings. The molecule has 1 amide bonds. The van der Waals surface area contributed by atoms with Crippen molar-refractivity contribution in [3.8, 4) is 0 Å².